The molecule has 0 aliphatic carbocycles. The second-order valence-electron chi connectivity index (χ2n) is 16.8. The van der Waals surface area contributed by atoms with Crippen molar-refractivity contribution < 1.29 is 4.42 Å². The fraction of sp³-hybridized carbons (Fsp3) is 0. The van der Waals surface area contributed by atoms with Crippen LogP contribution in [-0.2, 0) is 0 Å². The van der Waals surface area contributed by atoms with E-state index in [0.29, 0.717) is 17.5 Å². The number of rotatable bonds is 5. The molecule has 0 aliphatic rings. The predicted octanol–water partition coefficient (Wildman–Crippen LogP) is 15.3. The average molecular weight is 830 g/mol. The van der Waals surface area contributed by atoms with Gasteiger partial charge in [-0.1, -0.05) is 146 Å². The number of aromatic nitrogens is 5. The Bertz CT molecular complexity index is 4250. The Hall–Kier alpha value is -8.87. The zero-order valence-corrected chi connectivity index (χ0v) is 34.9. The van der Waals surface area contributed by atoms with Crippen LogP contribution in [0.15, 0.2) is 217 Å². The largest absolute Gasteiger partial charge is 0.454 e. The first-order valence-electron chi connectivity index (χ1n) is 21.9. The highest BCUT2D eigenvalue weighted by Gasteiger charge is 2.24. The van der Waals surface area contributed by atoms with Crippen LogP contribution in [0.4, 0.5) is 0 Å². The van der Waals surface area contributed by atoms with Crippen molar-refractivity contribution in [1.82, 2.24) is 24.1 Å². The molecule has 4 aromatic heterocycles. The van der Waals surface area contributed by atoms with Gasteiger partial charge < -0.3 is 13.6 Å². The minimum absolute atomic E-state index is 0.567. The lowest BCUT2D eigenvalue weighted by Crippen LogP contribution is -2.03. The molecular weight excluding hydrogens is 795 g/mol. The number of benzene rings is 10. The van der Waals surface area contributed by atoms with Crippen LogP contribution >= 0.6 is 0 Å². The number of fused-ring (bicyclic) bond motifs is 11. The van der Waals surface area contributed by atoms with Crippen molar-refractivity contribution in [2.75, 3.05) is 0 Å². The van der Waals surface area contributed by atoms with E-state index < -0.39 is 0 Å². The zero-order chi connectivity index (χ0) is 42.6. The van der Waals surface area contributed by atoms with E-state index >= 15 is 0 Å². The molecule has 0 aliphatic heterocycles. The van der Waals surface area contributed by atoms with E-state index in [2.05, 4.69) is 209 Å². The van der Waals surface area contributed by atoms with Crippen molar-refractivity contribution in [3.8, 4) is 45.5 Å². The predicted molar refractivity (Wildman–Crippen MR) is 267 cm³/mol. The van der Waals surface area contributed by atoms with Gasteiger partial charge in [-0.25, -0.2) is 15.0 Å². The minimum Gasteiger partial charge on any atom is -0.454 e. The van der Waals surface area contributed by atoms with E-state index in [1.807, 2.05) is 12.1 Å². The van der Waals surface area contributed by atoms with Crippen molar-refractivity contribution >= 4 is 87.1 Å². The molecule has 0 unspecified atom stereocenters. The molecule has 0 N–H and O–H groups in total. The van der Waals surface area contributed by atoms with Gasteiger partial charge in [0.05, 0.1) is 27.8 Å². The molecule has 10 aromatic carbocycles. The van der Waals surface area contributed by atoms with Gasteiger partial charge in [0.15, 0.2) is 23.1 Å². The van der Waals surface area contributed by atoms with Gasteiger partial charge in [0.2, 0.25) is 0 Å². The van der Waals surface area contributed by atoms with Crippen LogP contribution < -0.4 is 0 Å². The SMILES string of the molecule is c1ccc(-n2c3ccccc3c3cccc(-c4nc(-c5ccc6ccccc6c5)nc(-c5cc(-n6c7ccccc7c7cc8ccccc8cc76)c6oc7ccccc7c6c5)n4)c32)cc1. The summed E-state index contributed by atoms with van der Waals surface area (Å²) in [5.74, 6) is 1.75. The van der Waals surface area contributed by atoms with Crippen LogP contribution in [0.25, 0.3) is 133 Å². The molecule has 65 heavy (non-hydrogen) atoms. The number of furan rings is 1. The molecule has 0 bridgehead atoms. The minimum atomic E-state index is 0.567. The summed E-state index contributed by atoms with van der Waals surface area (Å²) in [5, 5.41) is 11.3. The highest BCUT2D eigenvalue weighted by molar-refractivity contribution is 6.17. The van der Waals surface area contributed by atoms with Gasteiger partial charge in [-0.05, 0) is 88.3 Å². The molecule has 0 saturated carbocycles. The van der Waals surface area contributed by atoms with E-state index in [9.17, 15) is 0 Å². The molecule has 6 nitrogen and oxygen atoms in total. The topological polar surface area (TPSA) is 61.7 Å². The first kappa shape index (κ1) is 35.7. The maximum Gasteiger partial charge on any atom is 0.166 e. The molecule has 302 valence electrons. The Morgan fingerprint density at radius 3 is 1.74 bits per heavy atom. The first-order chi connectivity index (χ1) is 32.2. The number of hydrogen-bond acceptors (Lipinski definition) is 4. The molecule has 0 radical (unpaired) electrons. The Kier molecular flexibility index (Phi) is 7.59. The normalized spacial score (nSPS) is 12.0. The quantitative estimate of drug-likeness (QED) is 0.173. The standard InChI is InChI=1S/C59H35N5O/c1-2-19-42(20-3-1)63-50-26-11-8-21-43(50)46-24-14-25-47(55(46)63)59-61-57(40-30-29-36-15-4-5-16-37(36)31-40)60-58(62-59)41-33-49-45-23-10-13-28-54(45)65-56(49)53(35-41)64-51-27-12-9-22-44(51)48-32-38-17-6-7-18-39(38)34-52(48)64/h1-35H. The van der Waals surface area contributed by atoms with E-state index in [0.717, 1.165) is 93.6 Å². The van der Waals surface area contributed by atoms with Gasteiger partial charge in [-0.2, -0.15) is 0 Å². The van der Waals surface area contributed by atoms with Crippen molar-refractivity contribution in [1.29, 1.82) is 0 Å². The summed E-state index contributed by atoms with van der Waals surface area (Å²) in [5.41, 5.74) is 10.6. The molecule has 0 amide bonds. The first-order valence-corrected chi connectivity index (χ1v) is 21.9. The number of nitrogens with zero attached hydrogens (tertiary/aromatic N) is 5. The van der Waals surface area contributed by atoms with Crippen LogP contribution in [0.3, 0.4) is 0 Å². The van der Waals surface area contributed by atoms with Crippen LogP contribution in [0.2, 0.25) is 0 Å². The van der Waals surface area contributed by atoms with Gasteiger partial charge in [0.1, 0.15) is 5.58 Å². The Morgan fingerprint density at radius 2 is 0.938 bits per heavy atom. The Labute approximate surface area is 371 Å². The van der Waals surface area contributed by atoms with Crippen LogP contribution in [0, 0.1) is 0 Å². The van der Waals surface area contributed by atoms with Gasteiger partial charge >= 0.3 is 0 Å². The Balaban J connectivity index is 1.09. The summed E-state index contributed by atoms with van der Waals surface area (Å²) in [7, 11) is 0. The zero-order valence-electron chi connectivity index (χ0n) is 34.9. The fourth-order valence-electron chi connectivity index (χ4n) is 10.1. The third kappa shape index (κ3) is 5.44. The van der Waals surface area contributed by atoms with E-state index in [1.165, 1.54) is 21.5 Å². The summed E-state index contributed by atoms with van der Waals surface area (Å²) in [6.45, 7) is 0. The Morgan fingerprint density at radius 1 is 0.338 bits per heavy atom. The number of hydrogen-bond donors (Lipinski definition) is 0. The van der Waals surface area contributed by atoms with Crippen molar-refractivity contribution in [3.05, 3.63) is 212 Å². The van der Waals surface area contributed by atoms with Crippen LogP contribution in [0.1, 0.15) is 0 Å². The van der Waals surface area contributed by atoms with Crippen LogP contribution in [0.5, 0.6) is 0 Å². The maximum absolute atomic E-state index is 6.87. The summed E-state index contributed by atoms with van der Waals surface area (Å²) in [4.78, 5) is 16.3. The third-order valence-corrected chi connectivity index (χ3v) is 13.1. The highest BCUT2D eigenvalue weighted by Crippen LogP contribution is 2.43. The van der Waals surface area contributed by atoms with Crippen LogP contribution in [-0.4, -0.2) is 24.1 Å². The van der Waals surface area contributed by atoms with E-state index in [4.69, 9.17) is 19.4 Å². The average Bonchev–Trinajstić information content (AvgIpc) is 4.03. The molecule has 4 heterocycles. The molecule has 0 fully saturated rings. The molecular formula is C59H35N5O. The lowest BCUT2D eigenvalue weighted by Gasteiger charge is -2.14. The second kappa shape index (κ2) is 13.8. The van der Waals surface area contributed by atoms with Crippen molar-refractivity contribution in [2.24, 2.45) is 0 Å². The van der Waals surface area contributed by atoms with Crippen molar-refractivity contribution in [3.63, 3.8) is 0 Å². The van der Waals surface area contributed by atoms with Gasteiger partial charge in [-0.3, -0.25) is 0 Å². The highest BCUT2D eigenvalue weighted by atomic mass is 16.3. The molecule has 14 aromatic rings. The summed E-state index contributed by atoms with van der Waals surface area (Å²) in [6.07, 6.45) is 0. The maximum atomic E-state index is 6.87. The fourth-order valence-corrected chi connectivity index (χ4v) is 10.1. The molecule has 0 spiro atoms. The molecule has 0 saturated heterocycles. The van der Waals surface area contributed by atoms with Gasteiger partial charge in [0, 0.05) is 54.7 Å². The smallest absolute Gasteiger partial charge is 0.166 e. The third-order valence-electron chi connectivity index (χ3n) is 13.1. The van der Waals surface area contributed by atoms with Crippen molar-refractivity contribution in [2.45, 2.75) is 0 Å². The number of para-hydroxylation sites is 5. The molecule has 14 rings (SSSR count). The lowest BCUT2D eigenvalue weighted by molar-refractivity contribution is 0.666. The monoisotopic (exact) mass is 829 g/mol. The van der Waals surface area contributed by atoms with E-state index in [1.54, 1.807) is 0 Å². The lowest BCUT2D eigenvalue weighted by atomic mass is 10.0. The van der Waals surface area contributed by atoms with E-state index in [-0.39, 0.29) is 0 Å². The van der Waals surface area contributed by atoms with Gasteiger partial charge in [-0.15, -0.1) is 0 Å². The second-order valence-corrected chi connectivity index (χ2v) is 16.8. The molecule has 6 heteroatoms. The van der Waals surface area contributed by atoms with Gasteiger partial charge in [0.25, 0.3) is 0 Å². The summed E-state index contributed by atoms with van der Waals surface area (Å²) < 4.78 is 11.6. The summed E-state index contributed by atoms with van der Waals surface area (Å²) in [6, 6.07) is 75.0. The molecule has 0 atom stereocenters. The summed E-state index contributed by atoms with van der Waals surface area (Å²) >= 11 is 0.